The Morgan fingerprint density at radius 1 is 1.15 bits per heavy atom. The van der Waals surface area contributed by atoms with Gasteiger partial charge in [-0.3, -0.25) is 24.6 Å². The maximum Gasteiger partial charge on any atom is 0.314 e. The van der Waals surface area contributed by atoms with Crippen LogP contribution in [0.3, 0.4) is 0 Å². The van der Waals surface area contributed by atoms with Gasteiger partial charge in [0, 0.05) is 18.2 Å². The number of H-pyrrole nitrogens is 2. The quantitative estimate of drug-likeness (QED) is 0.476. The van der Waals surface area contributed by atoms with Crippen molar-refractivity contribution in [2.45, 2.75) is 13.0 Å². The van der Waals surface area contributed by atoms with Gasteiger partial charge in [0.05, 0.1) is 16.0 Å². The van der Waals surface area contributed by atoms with Crippen LogP contribution in [0.1, 0.15) is 12.0 Å². The molecule has 8 nitrogen and oxygen atoms in total. The van der Waals surface area contributed by atoms with Crippen molar-refractivity contribution in [3.8, 4) is 0 Å². The number of nitro groups is 1. The number of nitro benzene ring substituents is 1. The molecule has 1 aromatic carbocycles. The topological polar surface area (TPSA) is 112 Å². The van der Waals surface area contributed by atoms with E-state index >= 15 is 0 Å². The number of aromatic nitrogens is 2. The molecule has 0 aliphatic carbocycles. The van der Waals surface area contributed by atoms with E-state index in [0.717, 1.165) is 19.5 Å². The molecule has 20 heavy (non-hydrogen) atoms. The van der Waals surface area contributed by atoms with E-state index in [0.29, 0.717) is 17.6 Å². The highest BCUT2D eigenvalue weighted by Crippen LogP contribution is 2.25. The number of nitrogens with zero attached hydrogens (tertiary/aromatic N) is 2. The van der Waals surface area contributed by atoms with Crippen molar-refractivity contribution in [2.24, 2.45) is 0 Å². The third-order valence-corrected chi connectivity index (χ3v) is 3.46. The summed E-state index contributed by atoms with van der Waals surface area (Å²) < 4.78 is 0. The van der Waals surface area contributed by atoms with Crippen LogP contribution in [-0.4, -0.2) is 32.9 Å². The Morgan fingerprint density at radius 2 is 1.75 bits per heavy atom. The summed E-state index contributed by atoms with van der Waals surface area (Å²) in [7, 11) is 0. The van der Waals surface area contributed by atoms with E-state index in [4.69, 9.17) is 0 Å². The molecule has 0 bridgehead atoms. The predicted octanol–water partition coefficient (Wildman–Crippen LogP) is 0.330. The SMILES string of the molecule is O=c1[nH]c2cc(CN3CCC3)c([N+](=O)[O-])cc2[nH]c1=O. The lowest BCUT2D eigenvalue weighted by atomic mass is 10.1. The van der Waals surface area contributed by atoms with Gasteiger partial charge >= 0.3 is 11.1 Å². The molecule has 0 atom stereocenters. The Balaban J connectivity index is 2.17. The molecule has 2 N–H and O–H groups in total. The van der Waals surface area contributed by atoms with Crippen LogP contribution in [-0.2, 0) is 6.54 Å². The molecule has 3 rings (SSSR count). The van der Waals surface area contributed by atoms with E-state index in [2.05, 4.69) is 14.9 Å². The number of hydrogen-bond acceptors (Lipinski definition) is 5. The summed E-state index contributed by atoms with van der Waals surface area (Å²) in [6.07, 6.45) is 1.09. The molecular weight excluding hydrogens is 264 g/mol. The zero-order valence-electron chi connectivity index (χ0n) is 10.5. The van der Waals surface area contributed by atoms with Gasteiger partial charge in [-0.15, -0.1) is 0 Å². The molecule has 0 spiro atoms. The van der Waals surface area contributed by atoms with E-state index in [1.807, 2.05) is 0 Å². The second-order valence-electron chi connectivity index (χ2n) is 4.82. The second kappa shape index (κ2) is 4.57. The van der Waals surface area contributed by atoms with Crippen LogP contribution in [0.2, 0.25) is 0 Å². The van der Waals surface area contributed by atoms with E-state index in [-0.39, 0.29) is 11.2 Å². The van der Waals surface area contributed by atoms with Crippen LogP contribution in [0.4, 0.5) is 5.69 Å². The van der Waals surface area contributed by atoms with Gasteiger partial charge in [0.25, 0.3) is 5.69 Å². The fraction of sp³-hybridized carbons (Fsp3) is 0.333. The number of rotatable bonds is 3. The summed E-state index contributed by atoms with van der Waals surface area (Å²) in [5, 5.41) is 11.1. The minimum absolute atomic E-state index is 0.0490. The van der Waals surface area contributed by atoms with Gasteiger partial charge in [0.2, 0.25) is 0 Å². The molecule has 1 aliphatic rings. The van der Waals surface area contributed by atoms with Crippen molar-refractivity contribution in [1.82, 2.24) is 14.9 Å². The highest BCUT2D eigenvalue weighted by molar-refractivity contribution is 5.78. The molecule has 0 radical (unpaired) electrons. The van der Waals surface area contributed by atoms with Crippen molar-refractivity contribution in [3.63, 3.8) is 0 Å². The smallest absolute Gasteiger partial charge is 0.314 e. The molecule has 1 aliphatic heterocycles. The lowest BCUT2D eigenvalue weighted by Crippen LogP contribution is -2.36. The van der Waals surface area contributed by atoms with Gasteiger partial charge in [-0.05, 0) is 25.6 Å². The van der Waals surface area contributed by atoms with Gasteiger partial charge in [0.15, 0.2) is 0 Å². The molecule has 2 heterocycles. The van der Waals surface area contributed by atoms with Crippen LogP contribution in [0.25, 0.3) is 11.0 Å². The van der Waals surface area contributed by atoms with Crippen LogP contribution < -0.4 is 11.1 Å². The molecule has 1 saturated heterocycles. The van der Waals surface area contributed by atoms with E-state index in [1.165, 1.54) is 6.07 Å². The van der Waals surface area contributed by atoms with Crippen molar-refractivity contribution < 1.29 is 4.92 Å². The lowest BCUT2D eigenvalue weighted by Gasteiger charge is -2.30. The lowest BCUT2D eigenvalue weighted by molar-refractivity contribution is -0.385. The normalized spacial score (nSPS) is 15.2. The molecule has 1 fully saturated rings. The van der Waals surface area contributed by atoms with Crippen LogP contribution in [0, 0.1) is 10.1 Å². The van der Waals surface area contributed by atoms with E-state index < -0.39 is 16.0 Å². The fourth-order valence-electron chi connectivity index (χ4n) is 2.28. The molecule has 1 aromatic heterocycles. The van der Waals surface area contributed by atoms with Gasteiger partial charge in [0.1, 0.15) is 0 Å². The number of likely N-dealkylation sites (tertiary alicyclic amines) is 1. The first kappa shape index (κ1) is 12.5. The average molecular weight is 276 g/mol. The Kier molecular flexibility index (Phi) is 2.87. The molecular formula is C12H12N4O4. The first-order chi connectivity index (χ1) is 9.54. The first-order valence-corrected chi connectivity index (χ1v) is 6.20. The standard InChI is InChI=1S/C12H12N4O4/c17-11-12(18)14-9-5-10(16(19)20)7(4-8(9)13-11)6-15-2-1-3-15/h4-5H,1-3,6H2,(H,13,17)(H,14,18). The zero-order chi connectivity index (χ0) is 14.3. The summed E-state index contributed by atoms with van der Waals surface area (Å²) >= 11 is 0. The van der Waals surface area contributed by atoms with E-state index in [1.54, 1.807) is 6.07 Å². The molecule has 2 aromatic rings. The Bertz CT molecular complexity index is 803. The van der Waals surface area contributed by atoms with E-state index in [9.17, 15) is 19.7 Å². The first-order valence-electron chi connectivity index (χ1n) is 6.20. The number of fused-ring (bicyclic) bond motifs is 1. The monoisotopic (exact) mass is 276 g/mol. The van der Waals surface area contributed by atoms with Crippen molar-refractivity contribution >= 4 is 16.7 Å². The number of aromatic amines is 2. The Morgan fingerprint density at radius 3 is 2.25 bits per heavy atom. The summed E-state index contributed by atoms with van der Waals surface area (Å²) in [6.45, 7) is 2.29. The van der Waals surface area contributed by atoms with Crippen LogP contribution >= 0.6 is 0 Å². The maximum atomic E-state index is 11.3. The highest BCUT2D eigenvalue weighted by atomic mass is 16.6. The molecule has 0 unspecified atom stereocenters. The Hall–Kier alpha value is -2.48. The maximum absolute atomic E-state index is 11.3. The second-order valence-corrected chi connectivity index (χ2v) is 4.82. The Labute approximate surface area is 112 Å². The summed E-state index contributed by atoms with van der Waals surface area (Å²) in [5.74, 6) is 0. The number of benzene rings is 1. The third kappa shape index (κ3) is 2.10. The number of nitrogens with one attached hydrogen (secondary N) is 2. The highest BCUT2D eigenvalue weighted by Gasteiger charge is 2.21. The minimum atomic E-state index is -0.817. The molecule has 0 amide bonds. The van der Waals surface area contributed by atoms with Crippen molar-refractivity contribution in [3.05, 3.63) is 48.5 Å². The fourth-order valence-corrected chi connectivity index (χ4v) is 2.28. The predicted molar refractivity (Wildman–Crippen MR) is 71.7 cm³/mol. The van der Waals surface area contributed by atoms with Gasteiger partial charge in [-0.2, -0.15) is 0 Å². The molecule has 104 valence electrons. The summed E-state index contributed by atoms with van der Waals surface area (Å²) in [4.78, 5) is 40.1. The van der Waals surface area contributed by atoms with Crippen LogP contribution in [0.5, 0.6) is 0 Å². The number of hydrogen-bond donors (Lipinski definition) is 2. The zero-order valence-corrected chi connectivity index (χ0v) is 10.5. The summed E-state index contributed by atoms with van der Waals surface area (Å²) in [5.41, 5.74) is -0.440. The summed E-state index contributed by atoms with van der Waals surface area (Å²) in [6, 6.07) is 2.85. The van der Waals surface area contributed by atoms with Crippen molar-refractivity contribution in [1.29, 1.82) is 0 Å². The van der Waals surface area contributed by atoms with Gasteiger partial charge < -0.3 is 9.97 Å². The third-order valence-electron chi connectivity index (χ3n) is 3.46. The molecule has 8 heteroatoms. The van der Waals surface area contributed by atoms with Crippen LogP contribution in [0.15, 0.2) is 21.7 Å². The largest absolute Gasteiger partial charge is 0.316 e. The average Bonchev–Trinajstić information content (AvgIpc) is 2.34. The van der Waals surface area contributed by atoms with Gasteiger partial charge in [-0.25, -0.2) is 0 Å². The van der Waals surface area contributed by atoms with Gasteiger partial charge in [-0.1, -0.05) is 0 Å². The van der Waals surface area contributed by atoms with Crippen molar-refractivity contribution in [2.75, 3.05) is 13.1 Å². The minimum Gasteiger partial charge on any atom is -0.316 e. The molecule has 0 saturated carbocycles.